The molecule has 0 unspecified atom stereocenters. The largest absolute Gasteiger partial charge is 0.481 e. The number of carbonyl (C=O) groups is 1. The molecule has 0 spiro atoms. The van der Waals surface area contributed by atoms with Crippen LogP contribution in [0.2, 0.25) is 0 Å². The molecule has 3 aromatic heterocycles. The van der Waals surface area contributed by atoms with E-state index in [1.165, 1.54) is 16.9 Å². The lowest BCUT2D eigenvalue weighted by atomic mass is 9.89. The van der Waals surface area contributed by atoms with Gasteiger partial charge in [-0.05, 0) is 30.7 Å². The topological polar surface area (TPSA) is 80.4 Å². The highest BCUT2D eigenvalue weighted by atomic mass is 32.1. The van der Waals surface area contributed by atoms with Crippen LogP contribution in [0, 0.1) is 5.92 Å². The van der Waals surface area contributed by atoms with Gasteiger partial charge in [0.1, 0.15) is 11.2 Å². The molecule has 0 saturated carbocycles. The van der Waals surface area contributed by atoms with Crippen LogP contribution in [0.1, 0.15) is 36.0 Å². The second-order valence-corrected chi connectivity index (χ2v) is 7.05. The molecule has 3 heterocycles. The fourth-order valence-corrected chi connectivity index (χ4v) is 4.45. The zero-order valence-electron chi connectivity index (χ0n) is 12.2. The molecule has 22 heavy (non-hydrogen) atoms. The van der Waals surface area contributed by atoms with E-state index in [1.54, 1.807) is 22.2 Å². The van der Waals surface area contributed by atoms with E-state index in [2.05, 4.69) is 22.0 Å². The summed E-state index contributed by atoms with van der Waals surface area (Å²) in [7, 11) is 0. The Morgan fingerprint density at radius 1 is 1.55 bits per heavy atom. The minimum Gasteiger partial charge on any atom is -0.481 e. The monoisotopic (exact) mass is 316 g/mol. The summed E-state index contributed by atoms with van der Waals surface area (Å²) in [6.45, 7) is 2.29. The number of carboxylic acids is 1. The summed E-state index contributed by atoms with van der Waals surface area (Å²) in [4.78, 5) is 22.2. The highest BCUT2D eigenvalue weighted by Gasteiger charge is 2.23. The SMILES string of the molecule is C[C@@H]1CCc2c(sc3ncn4nc(CCC(=O)O)nc4c23)C1. The molecule has 6 nitrogen and oxygen atoms in total. The number of hydrogen-bond donors (Lipinski definition) is 1. The summed E-state index contributed by atoms with van der Waals surface area (Å²) in [5.41, 5.74) is 2.19. The van der Waals surface area contributed by atoms with Crippen molar-refractivity contribution in [2.24, 2.45) is 5.92 Å². The Bertz CT molecular complexity index is 883. The predicted molar refractivity (Wildman–Crippen MR) is 83.3 cm³/mol. The van der Waals surface area contributed by atoms with Crippen molar-refractivity contribution in [3.63, 3.8) is 0 Å². The Balaban J connectivity index is 1.85. The van der Waals surface area contributed by atoms with Crippen molar-refractivity contribution in [2.45, 2.75) is 39.0 Å². The van der Waals surface area contributed by atoms with E-state index in [1.807, 2.05) is 0 Å². The fraction of sp³-hybridized carbons (Fsp3) is 0.467. The lowest BCUT2D eigenvalue weighted by Crippen LogP contribution is -2.08. The Labute approximate surface area is 130 Å². The fourth-order valence-electron chi connectivity index (χ4n) is 3.11. The molecule has 0 fully saturated rings. The molecule has 0 bridgehead atoms. The van der Waals surface area contributed by atoms with Crippen LogP contribution in [0.25, 0.3) is 15.9 Å². The van der Waals surface area contributed by atoms with Crippen LogP contribution in [0.15, 0.2) is 6.33 Å². The second-order valence-electron chi connectivity index (χ2n) is 5.97. The van der Waals surface area contributed by atoms with Crippen molar-refractivity contribution >= 4 is 33.2 Å². The summed E-state index contributed by atoms with van der Waals surface area (Å²) >= 11 is 1.76. The molecule has 1 aliphatic carbocycles. The average molecular weight is 316 g/mol. The first-order valence-electron chi connectivity index (χ1n) is 7.48. The zero-order valence-corrected chi connectivity index (χ0v) is 13.1. The smallest absolute Gasteiger partial charge is 0.303 e. The first-order chi connectivity index (χ1) is 10.6. The molecule has 1 atom stereocenters. The van der Waals surface area contributed by atoms with E-state index >= 15 is 0 Å². The van der Waals surface area contributed by atoms with Crippen molar-refractivity contribution in [3.05, 3.63) is 22.6 Å². The van der Waals surface area contributed by atoms with Gasteiger partial charge in [0.05, 0.1) is 11.8 Å². The third-order valence-electron chi connectivity index (χ3n) is 4.24. The van der Waals surface area contributed by atoms with Gasteiger partial charge in [0.2, 0.25) is 0 Å². The molecular weight excluding hydrogens is 300 g/mol. The van der Waals surface area contributed by atoms with Crippen LogP contribution in [-0.2, 0) is 24.1 Å². The summed E-state index contributed by atoms with van der Waals surface area (Å²) in [5.74, 6) is 0.463. The molecule has 3 aromatic rings. The van der Waals surface area contributed by atoms with Gasteiger partial charge in [-0.15, -0.1) is 16.4 Å². The minimum atomic E-state index is -0.830. The van der Waals surface area contributed by atoms with Gasteiger partial charge in [-0.25, -0.2) is 14.5 Å². The van der Waals surface area contributed by atoms with E-state index < -0.39 is 5.97 Å². The van der Waals surface area contributed by atoms with Crippen molar-refractivity contribution in [3.8, 4) is 0 Å². The maximum atomic E-state index is 10.7. The predicted octanol–water partition coefficient (Wildman–Crippen LogP) is 2.48. The van der Waals surface area contributed by atoms with Gasteiger partial charge >= 0.3 is 5.97 Å². The summed E-state index contributed by atoms with van der Waals surface area (Å²) < 4.78 is 1.69. The summed E-state index contributed by atoms with van der Waals surface area (Å²) in [6.07, 6.45) is 5.45. The standard InChI is InChI=1S/C15H16N4O2S/c1-8-2-3-9-10(6-8)22-15-13(9)14-17-11(4-5-12(20)21)18-19(14)7-16-15/h7-8H,2-6H2,1H3,(H,20,21)/t8-/m1/s1. The van der Waals surface area contributed by atoms with Gasteiger partial charge in [0.25, 0.3) is 0 Å². The van der Waals surface area contributed by atoms with Crippen LogP contribution in [0.4, 0.5) is 0 Å². The van der Waals surface area contributed by atoms with E-state index in [4.69, 9.17) is 5.11 Å². The first-order valence-corrected chi connectivity index (χ1v) is 8.29. The van der Waals surface area contributed by atoms with Crippen LogP contribution < -0.4 is 0 Å². The van der Waals surface area contributed by atoms with Crippen molar-refractivity contribution in [1.29, 1.82) is 0 Å². The number of thiophene rings is 1. The van der Waals surface area contributed by atoms with Gasteiger partial charge in [-0.3, -0.25) is 4.79 Å². The number of fused-ring (bicyclic) bond motifs is 5. The Kier molecular flexibility index (Phi) is 3.11. The maximum Gasteiger partial charge on any atom is 0.303 e. The van der Waals surface area contributed by atoms with Crippen LogP contribution in [0.3, 0.4) is 0 Å². The number of carboxylic acid groups (broad SMARTS) is 1. The molecule has 4 rings (SSSR count). The number of aryl methyl sites for hydroxylation is 2. The van der Waals surface area contributed by atoms with Gasteiger partial charge in [0, 0.05) is 11.3 Å². The van der Waals surface area contributed by atoms with Crippen LogP contribution in [0.5, 0.6) is 0 Å². The van der Waals surface area contributed by atoms with Gasteiger partial charge in [-0.1, -0.05) is 6.92 Å². The first kappa shape index (κ1) is 13.6. The van der Waals surface area contributed by atoms with Gasteiger partial charge in [-0.2, -0.15) is 0 Å². The normalized spacial score (nSPS) is 18.0. The molecule has 0 radical (unpaired) electrons. The Hall–Kier alpha value is -2.02. The molecule has 0 saturated heterocycles. The number of rotatable bonds is 3. The molecular formula is C15H16N4O2S. The third kappa shape index (κ3) is 2.16. The second kappa shape index (κ2) is 5.01. The molecule has 114 valence electrons. The van der Waals surface area contributed by atoms with E-state index in [0.29, 0.717) is 12.2 Å². The van der Waals surface area contributed by atoms with E-state index in [-0.39, 0.29) is 6.42 Å². The Morgan fingerprint density at radius 2 is 2.41 bits per heavy atom. The quantitative estimate of drug-likeness (QED) is 0.803. The molecule has 1 N–H and O–H groups in total. The van der Waals surface area contributed by atoms with Crippen molar-refractivity contribution < 1.29 is 9.90 Å². The van der Waals surface area contributed by atoms with Crippen LogP contribution in [-0.4, -0.2) is 30.7 Å². The third-order valence-corrected chi connectivity index (χ3v) is 5.40. The van der Waals surface area contributed by atoms with Gasteiger partial charge < -0.3 is 5.11 Å². The molecule has 7 heteroatoms. The highest BCUT2D eigenvalue weighted by Crippen LogP contribution is 2.38. The highest BCUT2D eigenvalue weighted by molar-refractivity contribution is 7.19. The van der Waals surface area contributed by atoms with Crippen LogP contribution >= 0.6 is 11.3 Å². The molecule has 0 amide bonds. The maximum absolute atomic E-state index is 10.7. The summed E-state index contributed by atoms with van der Waals surface area (Å²) in [5, 5.41) is 14.3. The molecule has 0 aliphatic heterocycles. The number of hydrogen-bond acceptors (Lipinski definition) is 5. The lowest BCUT2D eigenvalue weighted by molar-refractivity contribution is -0.137. The Morgan fingerprint density at radius 3 is 3.23 bits per heavy atom. The van der Waals surface area contributed by atoms with E-state index in [9.17, 15) is 4.79 Å². The zero-order chi connectivity index (χ0) is 15.3. The molecule has 0 aromatic carbocycles. The lowest BCUT2D eigenvalue weighted by Gasteiger charge is -2.17. The van der Waals surface area contributed by atoms with Crippen molar-refractivity contribution in [2.75, 3.05) is 0 Å². The summed E-state index contributed by atoms with van der Waals surface area (Å²) in [6, 6.07) is 0. The molecule has 1 aliphatic rings. The number of nitrogens with zero attached hydrogens (tertiary/aromatic N) is 4. The van der Waals surface area contributed by atoms with Crippen molar-refractivity contribution in [1.82, 2.24) is 19.6 Å². The minimum absolute atomic E-state index is 0.0483. The number of aromatic nitrogens is 4. The number of aliphatic carboxylic acids is 1. The average Bonchev–Trinajstić information content (AvgIpc) is 3.03. The van der Waals surface area contributed by atoms with Gasteiger partial charge in [0.15, 0.2) is 11.5 Å². The van der Waals surface area contributed by atoms with E-state index in [0.717, 1.165) is 34.6 Å².